The molecule has 0 bridgehead atoms. The summed E-state index contributed by atoms with van der Waals surface area (Å²) in [5.41, 5.74) is 4.87. The highest BCUT2D eigenvalue weighted by molar-refractivity contribution is 7.80. The van der Waals surface area contributed by atoms with Crippen molar-refractivity contribution in [3.8, 4) is 0 Å². The first-order valence-corrected chi connectivity index (χ1v) is 8.79. The molecule has 0 saturated carbocycles. The third kappa shape index (κ3) is 6.69. The Morgan fingerprint density at radius 3 is 2.38 bits per heavy atom. The molecule has 2 aromatic carbocycles. The molecule has 0 saturated heterocycles. The first-order chi connectivity index (χ1) is 11.5. The molecule has 2 rings (SSSR count). The molecule has 2 aromatic rings. The molecular weight excluding hydrogens is 314 g/mol. The summed E-state index contributed by atoms with van der Waals surface area (Å²) >= 11 is 5.37. The van der Waals surface area contributed by atoms with Gasteiger partial charge in [0.15, 0.2) is 5.11 Å². The fraction of sp³-hybridized carbons (Fsp3) is 0.350. The van der Waals surface area contributed by atoms with Gasteiger partial charge in [-0.15, -0.1) is 0 Å². The van der Waals surface area contributed by atoms with E-state index in [-0.39, 0.29) is 0 Å². The van der Waals surface area contributed by atoms with E-state index in [4.69, 9.17) is 12.2 Å². The SMILES string of the molecule is Cc1cc(C)cc(NC(=S)NCCCN(C)Cc2ccccc2)c1. The number of nitrogens with zero attached hydrogens (tertiary/aromatic N) is 1. The fourth-order valence-corrected chi connectivity index (χ4v) is 2.97. The van der Waals surface area contributed by atoms with Crippen molar-refractivity contribution in [2.24, 2.45) is 0 Å². The van der Waals surface area contributed by atoms with Gasteiger partial charge in [0.2, 0.25) is 0 Å². The Morgan fingerprint density at radius 1 is 1.04 bits per heavy atom. The first kappa shape index (κ1) is 18.4. The van der Waals surface area contributed by atoms with E-state index in [0.717, 1.165) is 31.7 Å². The zero-order chi connectivity index (χ0) is 17.4. The van der Waals surface area contributed by atoms with Gasteiger partial charge < -0.3 is 15.5 Å². The van der Waals surface area contributed by atoms with Gasteiger partial charge in [0, 0.05) is 18.8 Å². The molecule has 0 amide bonds. The van der Waals surface area contributed by atoms with Crippen molar-refractivity contribution in [2.45, 2.75) is 26.8 Å². The van der Waals surface area contributed by atoms with E-state index >= 15 is 0 Å². The minimum absolute atomic E-state index is 0.686. The van der Waals surface area contributed by atoms with Crippen LogP contribution in [0.2, 0.25) is 0 Å². The monoisotopic (exact) mass is 341 g/mol. The molecular formula is C20H27N3S. The van der Waals surface area contributed by atoms with Crippen molar-refractivity contribution in [1.29, 1.82) is 0 Å². The highest BCUT2D eigenvalue weighted by Crippen LogP contribution is 2.13. The quantitative estimate of drug-likeness (QED) is 0.585. The number of aryl methyl sites for hydroxylation is 2. The second kappa shape index (κ2) is 9.40. The van der Waals surface area contributed by atoms with Gasteiger partial charge in [-0.1, -0.05) is 36.4 Å². The largest absolute Gasteiger partial charge is 0.362 e. The number of nitrogens with one attached hydrogen (secondary N) is 2. The Labute approximate surface area is 151 Å². The van der Waals surface area contributed by atoms with Crippen LogP contribution in [0.4, 0.5) is 5.69 Å². The number of hydrogen-bond donors (Lipinski definition) is 2. The average Bonchev–Trinajstić information content (AvgIpc) is 2.51. The normalized spacial score (nSPS) is 10.7. The van der Waals surface area contributed by atoms with Crippen LogP contribution in [0.5, 0.6) is 0 Å². The Bertz CT molecular complexity index is 635. The molecule has 0 aliphatic heterocycles. The lowest BCUT2D eigenvalue weighted by molar-refractivity contribution is 0.322. The van der Waals surface area contributed by atoms with Crippen molar-refractivity contribution in [3.63, 3.8) is 0 Å². The number of thiocarbonyl (C=S) groups is 1. The van der Waals surface area contributed by atoms with Gasteiger partial charge in [-0.25, -0.2) is 0 Å². The van der Waals surface area contributed by atoms with Gasteiger partial charge in [0.25, 0.3) is 0 Å². The van der Waals surface area contributed by atoms with Crippen LogP contribution in [-0.2, 0) is 6.54 Å². The van der Waals surface area contributed by atoms with Gasteiger partial charge in [-0.3, -0.25) is 0 Å². The van der Waals surface area contributed by atoms with Crippen molar-refractivity contribution >= 4 is 23.0 Å². The Balaban J connectivity index is 1.65. The lowest BCUT2D eigenvalue weighted by atomic mass is 10.1. The highest BCUT2D eigenvalue weighted by Gasteiger charge is 2.02. The lowest BCUT2D eigenvalue weighted by Gasteiger charge is -2.17. The molecule has 0 aliphatic rings. The zero-order valence-electron chi connectivity index (χ0n) is 14.8. The van der Waals surface area contributed by atoms with E-state index in [1.54, 1.807) is 0 Å². The van der Waals surface area contributed by atoms with Crippen molar-refractivity contribution < 1.29 is 0 Å². The molecule has 0 aliphatic carbocycles. The van der Waals surface area contributed by atoms with Gasteiger partial charge in [0.05, 0.1) is 0 Å². The summed E-state index contributed by atoms with van der Waals surface area (Å²) in [6, 6.07) is 16.9. The van der Waals surface area contributed by atoms with Gasteiger partial charge in [-0.2, -0.15) is 0 Å². The summed E-state index contributed by atoms with van der Waals surface area (Å²) in [5, 5.41) is 7.23. The summed E-state index contributed by atoms with van der Waals surface area (Å²) < 4.78 is 0. The van der Waals surface area contributed by atoms with E-state index in [1.807, 2.05) is 0 Å². The summed E-state index contributed by atoms with van der Waals surface area (Å²) in [7, 11) is 2.15. The van der Waals surface area contributed by atoms with Gasteiger partial charge in [0.1, 0.15) is 0 Å². The Kier molecular flexibility index (Phi) is 7.22. The van der Waals surface area contributed by atoms with E-state index in [0.29, 0.717) is 5.11 Å². The van der Waals surface area contributed by atoms with Crippen LogP contribution in [0.25, 0.3) is 0 Å². The molecule has 2 N–H and O–H groups in total. The average molecular weight is 342 g/mol. The van der Waals surface area contributed by atoms with E-state index < -0.39 is 0 Å². The smallest absolute Gasteiger partial charge is 0.170 e. The third-order valence-electron chi connectivity index (χ3n) is 3.78. The molecule has 0 aromatic heterocycles. The molecule has 0 fully saturated rings. The summed E-state index contributed by atoms with van der Waals surface area (Å²) in [6.07, 6.45) is 1.05. The molecule has 24 heavy (non-hydrogen) atoms. The number of hydrogen-bond acceptors (Lipinski definition) is 2. The molecule has 0 atom stereocenters. The van der Waals surface area contributed by atoms with Crippen LogP contribution in [0.3, 0.4) is 0 Å². The van der Waals surface area contributed by atoms with Gasteiger partial charge in [-0.05, 0) is 74.9 Å². The molecule has 0 radical (unpaired) electrons. The van der Waals surface area contributed by atoms with Gasteiger partial charge >= 0.3 is 0 Å². The molecule has 3 nitrogen and oxygen atoms in total. The van der Waals surface area contributed by atoms with Crippen LogP contribution >= 0.6 is 12.2 Å². The van der Waals surface area contributed by atoms with Crippen LogP contribution in [0.15, 0.2) is 48.5 Å². The van der Waals surface area contributed by atoms with Crippen LogP contribution < -0.4 is 10.6 Å². The second-order valence-electron chi connectivity index (χ2n) is 6.33. The topological polar surface area (TPSA) is 27.3 Å². The molecule has 0 heterocycles. The van der Waals surface area contributed by atoms with Crippen LogP contribution in [0, 0.1) is 13.8 Å². The fourth-order valence-electron chi connectivity index (χ4n) is 2.75. The summed E-state index contributed by atoms with van der Waals surface area (Å²) in [6.45, 7) is 7.07. The lowest BCUT2D eigenvalue weighted by Crippen LogP contribution is -2.31. The predicted octanol–water partition coefficient (Wildman–Crippen LogP) is 4.11. The maximum Gasteiger partial charge on any atom is 0.170 e. The minimum atomic E-state index is 0.686. The number of anilines is 1. The van der Waals surface area contributed by atoms with Crippen molar-refractivity contribution in [2.75, 3.05) is 25.5 Å². The molecule has 128 valence electrons. The zero-order valence-corrected chi connectivity index (χ0v) is 15.6. The molecule has 0 spiro atoms. The standard InChI is InChI=1S/C20H27N3S/c1-16-12-17(2)14-19(13-16)22-20(24)21-10-7-11-23(3)15-18-8-5-4-6-9-18/h4-6,8-9,12-14H,7,10-11,15H2,1-3H3,(H2,21,22,24). The van der Waals surface area contributed by atoms with Crippen LogP contribution in [-0.4, -0.2) is 30.1 Å². The number of rotatable bonds is 7. The maximum absolute atomic E-state index is 5.37. The Hall–Kier alpha value is -1.91. The number of benzene rings is 2. The second-order valence-corrected chi connectivity index (χ2v) is 6.74. The third-order valence-corrected chi connectivity index (χ3v) is 4.02. The molecule has 0 unspecified atom stereocenters. The summed E-state index contributed by atoms with van der Waals surface area (Å²) in [5.74, 6) is 0. The molecule has 4 heteroatoms. The predicted molar refractivity (Wildman–Crippen MR) is 108 cm³/mol. The Morgan fingerprint density at radius 2 is 1.71 bits per heavy atom. The van der Waals surface area contributed by atoms with Crippen LogP contribution in [0.1, 0.15) is 23.1 Å². The minimum Gasteiger partial charge on any atom is -0.362 e. The maximum atomic E-state index is 5.37. The van der Waals surface area contributed by atoms with Crippen molar-refractivity contribution in [1.82, 2.24) is 10.2 Å². The van der Waals surface area contributed by atoms with E-state index in [9.17, 15) is 0 Å². The van der Waals surface area contributed by atoms with Crippen molar-refractivity contribution in [3.05, 3.63) is 65.2 Å². The highest BCUT2D eigenvalue weighted by atomic mass is 32.1. The van der Waals surface area contributed by atoms with E-state index in [1.165, 1.54) is 16.7 Å². The van der Waals surface area contributed by atoms with E-state index in [2.05, 4.69) is 85.0 Å². The first-order valence-electron chi connectivity index (χ1n) is 8.38. The summed E-state index contributed by atoms with van der Waals surface area (Å²) in [4.78, 5) is 2.33.